The minimum Gasteiger partial charge on any atom is -0.444 e. The number of amides is 3. The van der Waals surface area contributed by atoms with Crippen molar-refractivity contribution in [3.8, 4) is 0 Å². The van der Waals surface area contributed by atoms with Crippen molar-refractivity contribution in [3.05, 3.63) is 46.3 Å². The van der Waals surface area contributed by atoms with Gasteiger partial charge in [0.25, 0.3) is 15.9 Å². The lowest BCUT2D eigenvalue weighted by Crippen LogP contribution is -2.56. The molecule has 43 heavy (non-hydrogen) atoms. The summed E-state index contributed by atoms with van der Waals surface area (Å²) in [7, 11) is -4.30. The molecule has 0 unspecified atom stereocenters. The molecule has 4 rings (SSSR count). The first-order valence-corrected chi connectivity index (χ1v) is 17.1. The van der Waals surface area contributed by atoms with Crippen molar-refractivity contribution in [1.29, 1.82) is 0 Å². The van der Waals surface area contributed by atoms with Crippen molar-refractivity contribution < 1.29 is 27.5 Å². The number of hydrogen-bond donors (Lipinski definition) is 3. The van der Waals surface area contributed by atoms with Gasteiger partial charge in [-0.1, -0.05) is 43.2 Å². The SMILES string of the molecule is C=C1[C@@H](NC(=O)OC(C)(C)C)CCCCC/C=C\[C@@H]2C[C@@]2(C(=O)NS(=O)(=O)c2cnc(Cl)c(Br)c2)NC(=O)[C@@H]2CCCN12. The fourth-order valence-corrected chi connectivity index (χ4v) is 7.12. The maximum Gasteiger partial charge on any atom is 0.408 e. The van der Waals surface area contributed by atoms with Crippen LogP contribution in [-0.2, 0) is 24.3 Å². The van der Waals surface area contributed by atoms with Crippen LogP contribution in [0.15, 0.2) is 46.1 Å². The Kier molecular flexibility index (Phi) is 10.2. The molecule has 3 N–H and O–H groups in total. The van der Waals surface area contributed by atoms with Crippen LogP contribution in [-0.4, -0.2) is 66.0 Å². The Labute approximate surface area is 266 Å². The van der Waals surface area contributed by atoms with Crippen LogP contribution in [0.25, 0.3) is 0 Å². The topological polar surface area (TPSA) is 147 Å². The third-order valence-electron chi connectivity index (χ3n) is 7.82. The first-order valence-electron chi connectivity index (χ1n) is 14.4. The van der Waals surface area contributed by atoms with Gasteiger partial charge in [0.1, 0.15) is 27.2 Å². The number of alkyl carbamates (subject to hydrolysis) is 1. The summed E-state index contributed by atoms with van der Waals surface area (Å²) in [5.74, 6) is -1.59. The maximum absolute atomic E-state index is 13.8. The molecular weight excluding hydrogens is 662 g/mol. The van der Waals surface area contributed by atoms with E-state index >= 15 is 0 Å². The Morgan fingerprint density at radius 1 is 1.23 bits per heavy atom. The Bertz CT molecular complexity index is 1410. The maximum atomic E-state index is 13.8. The highest BCUT2D eigenvalue weighted by atomic mass is 79.9. The second kappa shape index (κ2) is 13.2. The average Bonchev–Trinajstić information content (AvgIpc) is 3.36. The van der Waals surface area contributed by atoms with E-state index in [4.69, 9.17) is 16.3 Å². The predicted molar refractivity (Wildman–Crippen MR) is 166 cm³/mol. The molecule has 0 bridgehead atoms. The number of sulfonamides is 1. The Morgan fingerprint density at radius 2 is 1.98 bits per heavy atom. The summed E-state index contributed by atoms with van der Waals surface area (Å²) < 4.78 is 34.1. The minimum absolute atomic E-state index is 0.0802. The molecule has 11 nitrogen and oxygen atoms in total. The van der Waals surface area contributed by atoms with E-state index in [-0.39, 0.29) is 26.9 Å². The summed E-state index contributed by atoms with van der Waals surface area (Å²) in [5.41, 5.74) is -1.50. The van der Waals surface area contributed by atoms with Gasteiger partial charge in [-0.3, -0.25) is 9.59 Å². The molecule has 3 aliphatic rings. The van der Waals surface area contributed by atoms with E-state index in [1.54, 1.807) is 20.8 Å². The lowest BCUT2D eigenvalue weighted by Gasteiger charge is -2.34. The van der Waals surface area contributed by atoms with Crippen LogP contribution in [0.3, 0.4) is 0 Å². The zero-order chi connectivity index (χ0) is 31.6. The van der Waals surface area contributed by atoms with Crippen LogP contribution in [0.4, 0.5) is 4.79 Å². The molecule has 3 amide bonds. The molecule has 1 aromatic heterocycles. The molecule has 2 aliphatic heterocycles. The van der Waals surface area contributed by atoms with Gasteiger partial charge < -0.3 is 20.3 Å². The zero-order valence-corrected chi connectivity index (χ0v) is 27.8. The second-order valence-corrected chi connectivity index (χ2v) is 15.2. The molecule has 236 valence electrons. The smallest absolute Gasteiger partial charge is 0.408 e. The van der Waals surface area contributed by atoms with E-state index in [9.17, 15) is 22.8 Å². The number of fused-ring (bicyclic) bond motifs is 2. The van der Waals surface area contributed by atoms with E-state index in [1.807, 2.05) is 17.1 Å². The molecule has 0 aromatic carbocycles. The van der Waals surface area contributed by atoms with Crippen LogP contribution >= 0.6 is 27.5 Å². The van der Waals surface area contributed by atoms with Crippen molar-refractivity contribution in [2.75, 3.05) is 6.54 Å². The lowest BCUT2D eigenvalue weighted by atomic mass is 10.0. The normalized spacial score (nSPS) is 27.5. The number of aromatic nitrogens is 1. The molecule has 1 saturated carbocycles. The third kappa shape index (κ3) is 8.10. The van der Waals surface area contributed by atoms with Crippen molar-refractivity contribution in [1.82, 2.24) is 25.2 Å². The Hall–Kier alpha value is -2.64. The van der Waals surface area contributed by atoms with Crippen molar-refractivity contribution in [3.63, 3.8) is 0 Å². The number of hydrogen-bond acceptors (Lipinski definition) is 8. The summed E-state index contributed by atoms with van der Waals surface area (Å²) in [5, 5.41) is 5.92. The van der Waals surface area contributed by atoms with E-state index in [2.05, 4.69) is 42.8 Å². The Balaban J connectivity index is 1.57. The molecule has 14 heteroatoms. The molecule has 1 aliphatic carbocycles. The highest BCUT2D eigenvalue weighted by Gasteiger charge is 2.61. The first-order chi connectivity index (χ1) is 20.1. The number of nitrogens with one attached hydrogen (secondary N) is 3. The predicted octanol–water partition coefficient (Wildman–Crippen LogP) is 4.57. The summed E-state index contributed by atoms with van der Waals surface area (Å²) in [6.45, 7) is 10.2. The monoisotopic (exact) mass is 699 g/mol. The Morgan fingerprint density at radius 3 is 2.67 bits per heavy atom. The minimum atomic E-state index is -4.30. The summed E-state index contributed by atoms with van der Waals surface area (Å²) in [6.07, 6.45) is 9.86. The van der Waals surface area contributed by atoms with Gasteiger partial charge in [-0.2, -0.15) is 0 Å². The fraction of sp³-hybridized carbons (Fsp3) is 0.586. The van der Waals surface area contributed by atoms with Crippen LogP contribution in [0.5, 0.6) is 0 Å². The van der Waals surface area contributed by atoms with Gasteiger partial charge in [-0.25, -0.2) is 22.9 Å². The molecule has 3 heterocycles. The van der Waals surface area contributed by atoms with Crippen molar-refractivity contribution in [2.24, 2.45) is 5.92 Å². The lowest BCUT2D eigenvalue weighted by molar-refractivity contribution is -0.131. The quantitative estimate of drug-likeness (QED) is 0.306. The molecule has 1 aromatic rings. The zero-order valence-electron chi connectivity index (χ0n) is 24.6. The summed E-state index contributed by atoms with van der Waals surface area (Å²) >= 11 is 9.06. The van der Waals surface area contributed by atoms with Gasteiger partial charge in [-0.05, 0) is 81.3 Å². The number of ether oxygens (including phenoxy) is 1. The van der Waals surface area contributed by atoms with Crippen LogP contribution in [0, 0.1) is 5.92 Å². The molecule has 2 fully saturated rings. The number of allylic oxidation sites excluding steroid dienone is 1. The highest BCUT2D eigenvalue weighted by Crippen LogP contribution is 2.46. The van der Waals surface area contributed by atoms with Gasteiger partial charge in [0.2, 0.25) is 5.91 Å². The van der Waals surface area contributed by atoms with E-state index in [1.165, 1.54) is 6.07 Å². The average molecular weight is 701 g/mol. The standard InChI is InChI=1S/C29H39BrClN5O6S/c1-18-22(33-27(39)42-28(2,3)4)12-9-7-5-6-8-11-19-16-29(19,34-25(37)23-13-10-14-36(18)23)26(38)35-43(40,41)20-15-21(30)24(31)32-17-20/h8,11,15,17,19,22-23H,1,5-7,9-10,12-14,16H2,2-4H3,(H,33,39)(H,34,37)(H,35,38)/b11-8-/t19-,22+,23+,29-/m1/s1. The van der Waals surface area contributed by atoms with E-state index < -0.39 is 51.2 Å². The van der Waals surface area contributed by atoms with E-state index in [0.29, 0.717) is 31.5 Å². The largest absolute Gasteiger partial charge is 0.444 e. The van der Waals surface area contributed by atoms with Crippen molar-refractivity contribution >= 4 is 55.5 Å². The molecule has 4 atom stereocenters. The van der Waals surface area contributed by atoms with Crippen LogP contribution in [0.1, 0.15) is 72.1 Å². The van der Waals surface area contributed by atoms with Gasteiger partial charge in [0, 0.05) is 24.4 Å². The first kappa shape index (κ1) is 33.3. The number of rotatable bonds is 4. The van der Waals surface area contributed by atoms with E-state index in [0.717, 1.165) is 31.9 Å². The van der Waals surface area contributed by atoms with Gasteiger partial charge in [-0.15, -0.1) is 0 Å². The molecular formula is C29H39BrClN5O6S. The fourth-order valence-electron chi connectivity index (χ4n) is 5.51. The number of carbonyl (C=O) groups is 3. The second-order valence-electron chi connectivity index (χ2n) is 12.3. The van der Waals surface area contributed by atoms with Gasteiger partial charge in [0.05, 0.1) is 10.5 Å². The van der Waals surface area contributed by atoms with Crippen molar-refractivity contribution in [2.45, 2.75) is 100 Å². The number of carbonyl (C=O) groups excluding carboxylic acids is 3. The number of halogens is 2. The van der Waals surface area contributed by atoms with Gasteiger partial charge >= 0.3 is 6.09 Å². The van der Waals surface area contributed by atoms with Crippen LogP contribution < -0.4 is 15.4 Å². The highest BCUT2D eigenvalue weighted by molar-refractivity contribution is 9.10. The van der Waals surface area contributed by atoms with Crippen LogP contribution in [0.2, 0.25) is 5.15 Å². The summed E-state index contributed by atoms with van der Waals surface area (Å²) in [4.78, 5) is 45.5. The number of nitrogens with zero attached hydrogens (tertiary/aromatic N) is 2. The molecule has 1 saturated heterocycles. The number of pyridine rings is 1. The third-order valence-corrected chi connectivity index (χ3v) is 10.3. The summed E-state index contributed by atoms with van der Waals surface area (Å²) in [6, 6.07) is 0.182. The van der Waals surface area contributed by atoms with Gasteiger partial charge in [0.15, 0.2) is 0 Å². The molecule has 0 spiro atoms. The molecule has 0 radical (unpaired) electrons.